The molecule has 0 amide bonds. The van der Waals surface area contributed by atoms with E-state index in [9.17, 15) is 0 Å². The maximum absolute atomic E-state index is 0. The van der Waals surface area contributed by atoms with Crippen molar-refractivity contribution >= 4 is 23.1 Å². The van der Waals surface area contributed by atoms with Crippen LogP contribution >= 0.6 is 0 Å². The summed E-state index contributed by atoms with van der Waals surface area (Å²) in [6, 6.07) is 0. The van der Waals surface area contributed by atoms with Crippen molar-refractivity contribution in [2.45, 2.75) is 0 Å². The van der Waals surface area contributed by atoms with Crippen molar-refractivity contribution in [3.05, 3.63) is 0 Å². The summed E-state index contributed by atoms with van der Waals surface area (Å²) in [5.74, 6) is 0. The van der Waals surface area contributed by atoms with Crippen LogP contribution in [0.5, 0.6) is 0 Å². The van der Waals surface area contributed by atoms with E-state index >= 15 is 0 Å². The minimum absolute atomic E-state index is 0. The van der Waals surface area contributed by atoms with Crippen molar-refractivity contribution in [3.8, 4) is 0 Å². The molecule has 0 fully saturated rings. The third-order valence-corrected chi connectivity index (χ3v) is 0. The van der Waals surface area contributed by atoms with Gasteiger partial charge in [-0.3, -0.25) is 0 Å². The van der Waals surface area contributed by atoms with Crippen molar-refractivity contribution in [2.75, 3.05) is 0 Å². The molecule has 0 aliphatic rings. The van der Waals surface area contributed by atoms with E-state index in [1.54, 1.807) is 0 Å². The van der Waals surface area contributed by atoms with Crippen LogP contribution in [0, 0.1) is 0 Å². The van der Waals surface area contributed by atoms with Crippen molar-refractivity contribution in [1.82, 2.24) is 0 Å². The molecular weight excluding hydrogens is 221 g/mol. The van der Waals surface area contributed by atoms with Crippen molar-refractivity contribution in [3.63, 3.8) is 0 Å². The molecule has 0 atom stereocenters. The second-order valence-corrected chi connectivity index (χ2v) is 0. The van der Waals surface area contributed by atoms with Gasteiger partial charge in [0.1, 0.15) is 0 Å². The molecule has 0 rings (SSSR count). The van der Waals surface area contributed by atoms with Gasteiger partial charge in [0.2, 0.25) is 0 Å². The average Bonchev–Trinajstić information content (AvgIpc) is 0. The number of hydrogen-bond donors (Lipinski definition) is 0. The van der Waals surface area contributed by atoms with Gasteiger partial charge in [0.25, 0.3) is 0 Å². The molecule has 5 heteroatoms. The summed E-state index contributed by atoms with van der Waals surface area (Å²) in [4.78, 5) is 0. The van der Waals surface area contributed by atoms with Gasteiger partial charge in [-0.15, -0.1) is 0 Å². The van der Waals surface area contributed by atoms with Gasteiger partial charge < -0.3 is 5.48 Å². The van der Waals surface area contributed by atoms with Crippen LogP contribution in [-0.2, 0) is 53.9 Å². The molecule has 0 heterocycles. The molecule has 0 unspecified atom stereocenters. The molecule has 0 aliphatic carbocycles. The smallest absolute Gasteiger partial charge is 0 e. The molecule has 0 spiro atoms. The van der Waals surface area contributed by atoms with Gasteiger partial charge in [0.05, 0.1) is 0 Å². The van der Waals surface area contributed by atoms with Gasteiger partial charge in [-0.1, -0.05) is 0 Å². The quantitative estimate of drug-likeness (QED) is 0.493. The molecule has 5 heavy (non-hydrogen) atoms. The molecule has 0 aliphatic heterocycles. The Bertz CT molecular complexity index is 11.6. The monoisotopic (exact) mass is 221 g/mol. The Hall–Kier alpha value is 2.40. The van der Waals surface area contributed by atoms with E-state index in [0.717, 1.165) is 0 Å². The first-order valence-electron chi connectivity index (χ1n) is 0. The summed E-state index contributed by atoms with van der Waals surface area (Å²) in [6.07, 6.45) is 0. The maximum Gasteiger partial charge on any atom is 0 e. The Morgan fingerprint density at radius 3 is 1.00 bits per heavy atom. The molecule has 0 aromatic carbocycles. The normalized spacial score (nSPS) is 0. The Morgan fingerprint density at radius 2 is 1.00 bits per heavy atom. The fraction of sp³-hybridized carbons (Fsp3) is 0. The summed E-state index contributed by atoms with van der Waals surface area (Å²) in [5, 5.41) is 0. The fourth-order valence-corrected chi connectivity index (χ4v) is 0. The van der Waals surface area contributed by atoms with Crippen LogP contribution in [-0.4, -0.2) is 28.5 Å². The molecule has 0 aromatic heterocycles. The minimum atomic E-state index is 0. The number of rotatable bonds is 0. The van der Waals surface area contributed by atoms with Crippen molar-refractivity contribution in [1.29, 1.82) is 0 Å². The standard InChI is InChI=1S/Cr.Cu.Mg.H2O.Zn.H/h;;;1H2;;/q;;+1;;;/p-1. The predicted octanol–water partition coefficient (Wildman–Crippen LogP) is -0.833. The molecule has 0 saturated carbocycles. The molecule has 1 radical (unpaired) electrons. The zero-order chi connectivity index (χ0) is 0. The van der Waals surface area contributed by atoms with E-state index < -0.39 is 0 Å². The van der Waals surface area contributed by atoms with Gasteiger partial charge in [-0.25, -0.2) is 0 Å². The van der Waals surface area contributed by atoms with E-state index in [-0.39, 0.29) is 82.4 Å². The van der Waals surface area contributed by atoms with E-state index in [1.807, 2.05) is 0 Å². The third-order valence-electron chi connectivity index (χ3n) is 0. The molecule has 0 saturated heterocycles. The minimum Gasteiger partial charge on any atom is -0.870 e. The topological polar surface area (TPSA) is 30.0 Å². The van der Waals surface area contributed by atoms with Gasteiger partial charge in [-0.05, 0) is 0 Å². The third kappa shape index (κ3) is 21.5. The first-order chi connectivity index (χ1) is 0. The Kier molecular flexibility index (Phi) is 341. The predicted molar refractivity (Wildman–Crippen MR) is 9.08 cm³/mol. The summed E-state index contributed by atoms with van der Waals surface area (Å²) in [7, 11) is 0. The van der Waals surface area contributed by atoms with E-state index in [0.29, 0.717) is 0 Å². The zero-order valence-electron chi connectivity index (χ0n) is 2.86. The molecule has 0 bridgehead atoms. The average molecular weight is 223 g/mol. The zero-order valence-corrected chi connectivity index (χ0v) is 10.0. The van der Waals surface area contributed by atoms with Crippen LogP contribution in [0.25, 0.3) is 0 Å². The maximum atomic E-state index is 0. The van der Waals surface area contributed by atoms with Crippen LogP contribution in [0.1, 0.15) is 0 Å². The van der Waals surface area contributed by atoms with Crippen LogP contribution in [0.2, 0.25) is 0 Å². The summed E-state index contributed by atoms with van der Waals surface area (Å²) >= 11 is 0. The summed E-state index contributed by atoms with van der Waals surface area (Å²) < 4.78 is 0. The van der Waals surface area contributed by atoms with Crippen LogP contribution in [0.3, 0.4) is 0 Å². The summed E-state index contributed by atoms with van der Waals surface area (Å²) in [5.41, 5.74) is 0. The number of hydrogen-bond acceptors (Lipinski definition) is 1. The largest absolute Gasteiger partial charge is 0.870 e. The Labute approximate surface area is 81.5 Å². The first kappa shape index (κ1) is 52.6. The van der Waals surface area contributed by atoms with Gasteiger partial charge >= 0.3 is 23.1 Å². The Morgan fingerprint density at radius 1 is 1.00 bits per heavy atom. The molecule has 29 valence electrons. The Balaban J connectivity index is 0. The molecule has 0 aromatic rings. The van der Waals surface area contributed by atoms with Gasteiger partial charge in [-0.2, -0.15) is 0 Å². The van der Waals surface area contributed by atoms with Crippen LogP contribution < -0.4 is 0 Å². The van der Waals surface area contributed by atoms with E-state index in [4.69, 9.17) is 0 Å². The molecular formula is H2CrCuMgOZn. The van der Waals surface area contributed by atoms with Crippen molar-refractivity contribution in [2.24, 2.45) is 0 Å². The molecule has 1 N–H and O–H groups in total. The second kappa shape index (κ2) is 32.4. The van der Waals surface area contributed by atoms with E-state index in [2.05, 4.69) is 0 Å². The van der Waals surface area contributed by atoms with Crippen molar-refractivity contribution < 1.29 is 59.4 Å². The van der Waals surface area contributed by atoms with E-state index in [1.165, 1.54) is 0 Å². The second-order valence-electron chi connectivity index (χ2n) is 0. The van der Waals surface area contributed by atoms with Gasteiger partial charge in [0.15, 0.2) is 0 Å². The van der Waals surface area contributed by atoms with Crippen LogP contribution in [0.15, 0.2) is 0 Å². The molecule has 1 nitrogen and oxygen atoms in total. The summed E-state index contributed by atoms with van der Waals surface area (Å²) in [6.45, 7) is 0. The first-order valence-corrected chi connectivity index (χ1v) is 0. The van der Waals surface area contributed by atoms with Gasteiger partial charge in [0, 0.05) is 53.9 Å². The fourth-order valence-electron chi connectivity index (χ4n) is 0. The SMILES string of the molecule is [Cr].[Cu].[MgH+].[OH-].[Zn]. The van der Waals surface area contributed by atoms with Crippen LogP contribution in [0.4, 0.5) is 0 Å².